The van der Waals surface area contributed by atoms with Gasteiger partial charge in [0.05, 0.1) is 11.5 Å². The predicted octanol–water partition coefficient (Wildman–Crippen LogP) is 5.30. The molecule has 1 rings (SSSR count). The summed E-state index contributed by atoms with van der Waals surface area (Å²) in [4.78, 5) is 0.237. The van der Waals surface area contributed by atoms with Gasteiger partial charge in [-0.15, -0.1) is 0 Å². The second kappa shape index (κ2) is 12.6. The molecule has 4 N–H and O–H groups in total. The molecule has 0 atom stereocenters. The van der Waals surface area contributed by atoms with E-state index in [1.807, 2.05) is 0 Å². The van der Waals surface area contributed by atoms with Gasteiger partial charge in [-0.05, 0) is 18.6 Å². The molecule has 1 aromatic carbocycles. The van der Waals surface area contributed by atoms with Crippen LogP contribution in [0.5, 0.6) is 0 Å². The topological polar surface area (TPSA) is 79.9 Å². The van der Waals surface area contributed by atoms with Crippen LogP contribution < -0.4 is 6.15 Å². The smallest absolute Gasteiger partial charge is 0.296 e. The van der Waals surface area contributed by atoms with Crippen LogP contribution in [0, 0.1) is 0 Å². The van der Waals surface area contributed by atoms with E-state index in [1.54, 1.807) is 30.3 Å². The molecule has 0 aliphatic heterocycles. The van der Waals surface area contributed by atoms with Gasteiger partial charge in [0, 0.05) is 0 Å². The summed E-state index contributed by atoms with van der Waals surface area (Å²) in [6, 6.07) is 8.32. The molecule has 0 aliphatic carbocycles. The number of benzene rings is 1. The van der Waals surface area contributed by atoms with Gasteiger partial charge in [0.1, 0.15) is 0 Å². The number of rotatable bonds is 12. The van der Waals surface area contributed by atoms with Crippen molar-refractivity contribution < 1.29 is 12.6 Å². The highest BCUT2D eigenvalue weighted by atomic mass is 32.2. The van der Waals surface area contributed by atoms with Crippen molar-refractivity contribution in [1.82, 2.24) is 6.15 Å². The summed E-state index contributed by atoms with van der Waals surface area (Å²) in [5, 5.41) is 0. The van der Waals surface area contributed by atoms with Crippen LogP contribution in [0.15, 0.2) is 35.2 Å². The van der Waals surface area contributed by atoms with E-state index in [9.17, 15) is 8.42 Å². The predicted molar refractivity (Wildman–Crippen MR) is 92.8 cm³/mol. The molecule has 128 valence electrons. The molecule has 5 heteroatoms. The van der Waals surface area contributed by atoms with Gasteiger partial charge in [-0.3, -0.25) is 4.18 Å². The summed E-state index contributed by atoms with van der Waals surface area (Å²) >= 11 is 0. The van der Waals surface area contributed by atoms with E-state index in [0.29, 0.717) is 0 Å². The van der Waals surface area contributed by atoms with E-state index < -0.39 is 10.1 Å². The molecule has 0 saturated carbocycles. The zero-order valence-electron chi connectivity index (χ0n) is 14.1. The van der Waals surface area contributed by atoms with E-state index in [0.717, 1.165) is 12.8 Å². The van der Waals surface area contributed by atoms with E-state index in [-0.39, 0.29) is 17.7 Å². The van der Waals surface area contributed by atoms with Crippen molar-refractivity contribution in [3.8, 4) is 0 Å². The van der Waals surface area contributed by atoms with Crippen LogP contribution in [0.25, 0.3) is 0 Å². The molecule has 0 fully saturated rings. The lowest BCUT2D eigenvalue weighted by Crippen LogP contribution is -2.07. The van der Waals surface area contributed by atoms with Gasteiger partial charge >= 0.3 is 0 Å². The number of hydrogen-bond donors (Lipinski definition) is 1. The minimum atomic E-state index is -3.57. The summed E-state index contributed by atoms with van der Waals surface area (Å²) in [6.07, 6.45) is 10.8. The third-order valence-electron chi connectivity index (χ3n) is 3.52. The first-order chi connectivity index (χ1) is 10.2. The maximum atomic E-state index is 11.8. The van der Waals surface area contributed by atoms with Gasteiger partial charge in [0.25, 0.3) is 10.1 Å². The molecular weight excluding hydrogens is 298 g/mol. The maximum absolute atomic E-state index is 11.8. The van der Waals surface area contributed by atoms with Gasteiger partial charge in [-0.1, -0.05) is 76.5 Å². The molecule has 0 saturated heterocycles. The highest BCUT2D eigenvalue weighted by Crippen LogP contribution is 2.13. The molecule has 0 amide bonds. The van der Waals surface area contributed by atoms with Gasteiger partial charge in [0.15, 0.2) is 0 Å². The zero-order valence-corrected chi connectivity index (χ0v) is 14.9. The lowest BCUT2D eigenvalue weighted by molar-refractivity contribution is 0.306. The number of quaternary nitrogens is 1. The average molecular weight is 331 g/mol. The normalized spacial score (nSPS) is 11.1. The fourth-order valence-corrected chi connectivity index (χ4v) is 3.20. The van der Waals surface area contributed by atoms with Gasteiger partial charge in [-0.25, -0.2) is 0 Å². The van der Waals surface area contributed by atoms with Crippen LogP contribution in [-0.4, -0.2) is 15.0 Å². The molecule has 0 spiro atoms. The third kappa shape index (κ3) is 9.18. The van der Waals surface area contributed by atoms with E-state index in [4.69, 9.17) is 4.18 Å². The minimum Gasteiger partial charge on any atom is -0.369 e. The Balaban J connectivity index is 0.00000441. The van der Waals surface area contributed by atoms with Crippen LogP contribution in [0.2, 0.25) is 0 Å². The first kappa shape index (κ1) is 21.1. The summed E-state index contributed by atoms with van der Waals surface area (Å²) in [5.41, 5.74) is 0. The fourth-order valence-electron chi connectivity index (χ4n) is 2.24. The molecule has 0 aliphatic rings. The number of unbranched alkanes of at least 4 members (excludes halogenated alkanes) is 8. The average Bonchev–Trinajstić information content (AvgIpc) is 2.50. The van der Waals surface area contributed by atoms with E-state index in [2.05, 4.69) is 6.92 Å². The Labute approximate surface area is 136 Å². The monoisotopic (exact) mass is 330 g/mol. The third-order valence-corrected chi connectivity index (χ3v) is 4.84. The molecule has 0 radical (unpaired) electrons. The molecule has 22 heavy (non-hydrogen) atoms. The van der Waals surface area contributed by atoms with Crippen LogP contribution in [0.4, 0.5) is 0 Å². The lowest BCUT2D eigenvalue weighted by atomic mass is 10.1. The van der Waals surface area contributed by atoms with Crippen molar-refractivity contribution in [1.29, 1.82) is 0 Å². The molecule has 0 unspecified atom stereocenters. The Morgan fingerprint density at radius 1 is 0.818 bits per heavy atom. The Hall–Kier alpha value is -0.910. The first-order valence-electron chi connectivity index (χ1n) is 8.11. The maximum Gasteiger partial charge on any atom is 0.296 e. The standard InChI is InChI=1S/C17H28O3S.H3N/c1-2-3-4-5-6-7-8-9-13-16-20-21(18,19)17-14-11-10-12-15-17;/h10-12,14-15H,2-9,13,16H2,1H3;1H3/p+1. The van der Waals surface area contributed by atoms with Crippen LogP contribution in [0.3, 0.4) is 0 Å². The molecule has 0 bridgehead atoms. The highest BCUT2D eigenvalue weighted by molar-refractivity contribution is 7.86. The van der Waals surface area contributed by atoms with Crippen molar-refractivity contribution in [2.45, 2.75) is 69.6 Å². The largest absolute Gasteiger partial charge is 0.369 e. The van der Waals surface area contributed by atoms with Crippen LogP contribution >= 0.6 is 0 Å². The fraction of sp³-hybridized carbons (Fsp3) is 0.647. The molecule has 0 heterocycles. The minimum absolute atomic E-state index is 0. The zero-order chi connectivity index (χ0) is 15.4. The van der Waals surface area contributed by atoms with Crippen molar-refractivity contribution in [3.63, 3.8) is 0 Å². The van der Waals surface area contributed by atoms with Crippen molar-refractivity contribution in [3.05, 3.63) is 30.3 Å². The van der Waals surface area contributed by atoms with Crippen molar-refractivity contribution >= 4 is 10.1 Å². The summed E-state index contributed by atoms with van der Waals surface area (Å²) in [5.74, 6) is 0. The van der Waals surface area contributed by atoms with Gasteiger partial charge in [-0.2, -0.15) is 8.42 Å². The molecule has 4 nitrogen and oxygen atoms in total. The van der Waals surface area contributed by atoms with E-state index >= 15 is 0 Å². The number of hydrogen-bond acceptors (Lipinski definition) is 3. The molecule has 0 aromatic heterocycles. The Kier molecular flexibility index (Phi) is 12.1. The second-order valence-electron chi connectivity index (χ2n) is 5.42. The first-order valence-corrected chi connectivity index (χ1v) is 9.52. The lowest BCUT2D eigenvalue weighted by Gasteiger charge is -2.05. The SMILES string of the molecule is CCCCCCCCCCCOS(=O)(=O)c1ccccc1.[NH4+]. The van der Waals surface area contributed by atoms with E-state index in [1.165, 1.54) is 44.9 Å². The van der Waals surface area contributed by atoms with Crippen LogP contribution in [0.1, 0.15) is 64.7 Å². The second-order valence-corrected chi connectivity index (χ2v) is 7.03. The van der Waals surface area contributed by atoms with Crippen molar-refractivity contribution in [2.24, 2.45) is 0 Å². The summed E-state index contributed by atoms with van der Waals surface area (Å²) in [6.45, 7) is 2.51. The summed E-state index contributed by atoms with van der Waals surface area (Å²) < 4.78 is 28.7. The summed E-state index contributed by atoms with van der Waals surface area (Å²) in [7, 11) is -3.57. The van der Waals surface area contributed by atoms with Crippen molar-refractivity contribution in [2.75, 3.05) is 6.61 Å². The Bertz CT molecular complexity index is 460. The van der Waals surface area contributed by atoms with Gasteiger partial charge in [0.2, 0.25) is 0 Å². The van der Waals surface area contributed by atoms with Crippen LogP contribution in [-0.2, 0) is 14.3 Å². The van der Waals surface area contributed by atoms with Gasteiger partial charge < -0.3 is 6.15 Å². The molecular formula is C17H32NO3S+. The molecule has 1 aromatic rings. The highest BCUT2D eigenvalue weighted by Gasteiger charge is 2.13. The quantitative estimate of drug-likeness (QED) is 0.417. The Morgan fingerprint density at radius 2 is 1.32 bits per heavy atom. The Morgan fingerprint density at radius 3 is 1.86 bits per heavy atom.